The Morgan fingerprint density at radius 3 is 2.42 bits per heavy atom. The highest BCUT2D eigenvalue weighted by atomic mass is 16.2. The molecule has 0 spiro atoms. The van der Waals surface area contributed by atoms with E-state index in [-0.39, 0.29) is 17.9 Å². The number of aromatic nitrogens is 2. The number of carbonyl (C=O) groups is 2. The molecule has 0 radical (unpaired) electrons. The van der Waals surface area contributed by atoms with Gasteiger partial charge in [-0.15, -0.1) is 0 Å². The fourth-order valence-electron chi connectivity index (χ4n) is 4.92. The van der Waals surface area contributed by atoms with Gasteiger partial charge in [-0.1, -0.05) is 6.07 Å². The zero-order valence-electron chi connectivity index (χ0n) is 20.3. The van der Waals surface area contributed by atoms with E-state index >= 15 is 0 Å². The third kappa shape index (κ3) is 4.87. The molecule has 1 unspecified atom stereocenters. The number of anilines is 1. The van der Waals surface area contributed by atoms with Crippen molar-refractivity contribution in [3.8, 4) is 0 Å². The first-order valence-electron chi connectivity index (χ1n) is 12.1. The van der Waals surface area contributed by atoms with Crippen LogP contribution in [0.2, 0.25) is 0 Å². The smallest absolute Gasteiger partial charge is 0.256 e. The van der Waals surface area contributed by atoms with Crippen molar-refractivity contribution in [1.82, 2.24) is 19.8 Å². The lowest BCUT2D eigenvalue weighted by Gasteiger charge is -2.35. The van der Waals surface area contributed by atoms with Gasteiger partial charge in [-0.05, 0) is 70.1 Å². The fourth-order valence-corrected chi connectivity index (χ4v) is 4.92. The van der Waals surface area contributed by atoms with Crippen LogP contribution < -0.4 is 4.90 Å². The number of nitrogens with zero attached hydrogens (tertiary/aromatic N) is 5. The molecular weight excluding hydrogens is 414 g/mol. The Kier molecular flexibility index (Phi) is 6.96. The van der Waals surface area contributed by atoms with Crippen molar-refractivity contribution in [2.45, 2.75) is 58.4 Å². The van der Waals surface area contributed by atoms with E-state index in [1.807, 2.05) is 17.9 Å². The van der Waals surface area contributed by atoms with Crippen LogP contribution in [0.15, 0.2) is 24.4 Å². The van der Waals surface area contributed by atoms with E-state index in [2.05, 4.69) is 33.9 Å². The number of hydrogen-bond acceptors (Lipinski definition) is 5. The van der Waals surface area contributed by atoms with Crippen molar-refractivity contribution in [2.24, 2.45) is 0 Å². The summed E-state index contributed by atoms with van der Waals surface area (Å²) >= 11 is 0. The zero-order chi connectivity index (χ0) is 23.5. The maximum absolute atomic E-state index is 13.7. The Balaban J connectivity index is 1.61. The summed E-state index contributed by atoms with van der Waals surface area (Å²) in [5.41, 5.74) is 4.27. The van der Waals surface area contributed by atoms with E-state index in [0.717, 1.165) is 37.9 Å². The number of carbonyl (C=O) groups excluding carboxylic acids is 2. The van der Waals surface area contributed by atoms with Crippen molar-refractivity contribution >= 4 is 17.5 Å². The molecule has 3 heterocycles. The lowest BCUT2D eigenvalue weighted by atomic mass is 9.98. The molecule has 0 aliphatic carbocycles. The minimum absolute atomic E-state index is 0.0349. The lowest BCUT2D eigenvalue weighted by Crippen LogP contribution is -2.39. The van der Waals surface area contributed by atoms with Gasteiger partial charge in [-0.25, -0.2) is 9.97 Å². The maximum atomic E-state index is 13.7. The molecule has 0 N–H and O–H groups in total. The molecule has 4 rings (SSSR count). The molecule has 7 nitrogen and oxygen atoms in total. The van der Waals surface area contributed by atoms with Crippen LogP contribution in [0.25, 0.3) is 0 Å². The maximum Gasteiger partial charge on any atom is 0.256 e. The molecule has 7 heteroatoms. The average molecular weight is 450 g/mol. The second kappa shape index (κ2) is 9.89. The standard InChI is InChI=1S/C26H35N5O2/c1-18-11-12-20(16-23(18)30-13-7-5-8-14-30)25(32)31-15-9-6-10-22(31)24-27-17-21(19(2)28-24)26(33)29(3)4/h11-12,16-17,22H,5-10,13-15H2,1-4H3. The number of hydrogen-bond donors (Lipinski definition) is 0. The minimum Gasteiger partial charge on any atom is -0.371 e. The highest BCUT2D eigenvalue weighted by molar-refractivity contribution is 5.96. The van der Waals surface area contributed by atoms with Crippen molar-refractivity contribution in [1.29, 1.82) is 0 Å². The molecule has 1 aromatic heterocycles. The third-order valence-electron chi connectivity index (χ3n) is 6.85. The van der Waals surface area contributed by atoms with Gasteiger partial charge >= 0.3 is 0 Å². The van der Waals surface area contributed by atoms with Crippen LogP contribution >= 0.6 is 0 Å². The third-order valence-corrected chi connectivity index (χ3v) is 6.85. The molecule has 33 heavy (non-hydrogen) atoms. The number of likely N-dealkylation sites (tertiary alicyclic amines) is 1. The first-order valence-corrected chi connectivity index (χ1v) is 12.1. The molecule has 2 aliphatic rings. The van der Waals surface area contributed by atoms with Crippen LogP contribution in [0.3, 0.4) is 0 Å². The van der Waals surface area contributed by atoms with Crippen molar-refractivity contribution in [3.63, 3.8) is 0 Å². The summed E-state index contributed by atoms with van der Waals surface area (Å²) in [5.74, 6) is 0.549. The van der Waals surface area contributed by atoms with Gasteiger partial charge in [-0.3, -0.25) is 9.59 Å². The number of benzene rings is 1. The largest absolute Gasteiger partial charge is 0.371 e. The van der Waals surface area contributed by atoms with Gasteiger partial charge < -0.3 is 14.7 Å². The average Bonchev–Trinajstić information content (AvgIpc) is 2.84. The van der Waals surface area contributed by atoms with Crippen LogP contribution in [0.1, 0.15) is 82.4 Å². The summed E-state index contributed by atoms with van der Waals surface area (Å²) in [6.07, 6.45) is 8.13. The zero-order valence-corrected chi connectivity index (χ0v) is 20.3. The van der Waals surface area contributed by atoms with Crippen LogP contribution in [0, 0.1) is 13.8 Å². The van der Waals surface area contributed by atoms with Gasteiger partial charge in [0.1, 0.15) is 0 Å². The van der Waals surface area contributed by atoms with Gasteiger partial charge in [0, 0.05) is 51.2 Å². The molecule has 1 aromatic carbocycles. The van der Waals surface area contributed by atoms with Gasteiger partial charge in [0.15, 0.2) is 5.82 Å². The Bertz CT molecular complexity index is 1030. The summed E-state index contributed by atoms with van der Waals surface area (Å²) in [6.45, 7) is 6.75. The van der Waals surface area contributed by atoms with Crippen molar-refractivity contribution in [3.05, 3.63) is 52.6 Å². The van der Waals surface area contributed by atoms with Crippen LogP contribution in [-0.4, -0.2) is 65.3 Å². The van der Waals surface area contributed by atoms with Crippen molar-refractivity contribution in [2.75, 3.05) is 38.6 Å². The van der Waals surface area contributed by atoms with Crippen LogP contribution in [-0.2, 0) is 0 Å². The predicted octanol–water partition coefficient (Wildman–Crippen LogP) is 4.15. The SMILES string of the molecule is Cc1ccc(C(=O)N2CCCCC2c2ncc(C(=O)N(C)C)c(C)n2)cc1N1CCCCC1. The first-order chi connectivity index (χ1) is 15.9. The van der Waals surface area contributed by atoms with E-state index in [1.54, 1.807) is 20.3 Å². The molecule has 2 saturated heterocycles. The topological polar surface area (TPSA) is 69.6 Å². The summed E-state index contributed by atoms with van der Waals surface area (Å²) in [5, 5.41) is 0. The summed E-state index contributed by atoms with van der Waals surface area (Å²) in [6, 6.07) is 5.91. The molecule has 2 aromatic rings. The number of piperidine rings is 2. The van der Waals surface area contributed by atoms with Gasteiger partial charge in [0.2, 0.25) is 0 Å². The Hall–Kier alpha value is -2.96. The van der Waals surface area contributed by atoms with E-state index in [0.29, 0.717) is 23.6 Å². The van der Waals surface area contributed by atoms with Gasteiger partial charge in [0.05, 0.1) is 17.3 Å². The molecular formula is C26H35N5O2. The van der Waals surface area contributed by atoms with Crippen LogP contribution in [0.4, 0.5) is 5.69 Å². The van der Waals surface area contributed by atoms with Crippen molar-refractivity contribution < 1.29 is 9.59 Å². The molecule has 2 amide bonds. The summed E-state index contributed by atoms with van der Waals surface area (Å²) < 4.78 is 0. The number of aryl methyl sites for hydroxylation is 2. The Morgan fingerprint density at radius 1 is 1.00 bits per heavy atom. The molecule has 1 atom stereocenters. The Labute approximate surface area is 196 Å². The second-order valence-corrected chi connectivity index (χ2v) is 9.49. The van der Waals surface area contributed by atoms with Gasteiger partial charge in [0.25, 0.3) is 11.8 Å². The molecule has 0 bridgehead atoms. The minimum atomic E-state index is -0.173. The monoisotopic (exact) mass is 449 g/mol. The van der Waals surface area contributed by atoms with E-state index in [9.17, 15) is 9.59 Å². The normalized spacial score (nSPS) is 18.8. The highest BCUT2D eigenvalue weighted by Gasteiger charge is 2.31. The molecule has 176 valence electrons. The summed E-state index contributed by atoms with van der Waals surface area (Å²) in [7, 11) is 3.44. The quantitative estimate of drug-likeness (QED) is 0.701. The predicted molar refractivity (Wildman–Crippen MR) is 130 cm³/mol. The molecule has 0 saturated carbocycles. The highest BCUT2D eigenvalue weighted by Crippen LogP contribution is 2.32. The van der Waals surface area contributed by atoms with Gasteiger partial charge in [-0.2, -0.15) is 0 Å². The summed E-state index contributed by atoms with van der Waals surface area (Å²) in [4.78, 5) is 41.1. The van der Waals surface area contributed by atoms with E-state index < -0.39 is 0 Å². The second-order valence-electron chi connectivity index (χ2n) is 9.49. The lowest BCUT2D eigenvalue weighted by molar-refractivity contribution is 0.0598. The number of rotatable bonds is 4. The fraction of sp³-hybridized carbons (Fsp3) is 0.538. The first kappa shape index (κ1) is 23.2. The van der Waals surface area contributed by atoms with Crippen LogP contribution in [0.5, 0.6) is 0 Å². The Morgan fingerprint density at radius 2 is 1.73 bits per heavy atom. The van der Waals surface area contributed by atoms with E-state index in [4.69, 9.17) is 0 Å². The molecule has 2 aliphatic heterocycles. The molecule has 2 fully saturated rings. The van der Waals surface area contributed by atoms with E-state index in [1.165, 1.54) is 35.4 Å². The number of amides is 2.